The van der Waals surface area contributed by atoms with E-state index in [0.717, 1.165) is 0 Å². The Balaban J connectivity index is 1.50. The quantitative estimate of drug-likeness (QED) is 0.395. The van der Waals surface area contributed by atoms with Gasteiger partial charge in [-0.3, -0.25) is 9.69 Å². The molecule has 6 N–H and O–H groups in total. The molecule has 0 spiro atoms. The minimum absolute atomic E-state index is 0.0506. The minimum Gasteiger partial charge on any atom is -0.669 e. The maximum atomic E-state index is 11.8. The molecule has 1 saturated carbocycles. The second kappa shape index (κ2) is 6.08. The highest BCUT2D eigenvalue weighted by Crippen LogP contribution is 2.63. The van der Waals surface area contributed by atoms with Crippen molar-refractivity contribution in [1.82, 2.24) is 4.90 Å². The van der Waals surface area contributed by atoms with Crippen molar-refractivity contribution < 1.29 is 39.2 Å². The Morgan fingerprint density at radius 3 is 2.64 bits per heavy atom. The SMILES string of the molecule is C[C@@](N)(CN1CC(Oc2ccc3c(c2C(=O)O)O[B-](O)(O)C2CC32)C1)C(=O)O. The van der Waals surface area contributed by atoms with Gasteiger partial charge in [0.15, 0.2) is 0 Å². The van der Waals surface area contributed by atoms with Gasteiger partial charge >= 0.3 is 18.7 Å². The Labute approximate surface area is 160 Å². The van der Waals surface area contributed by atoms with Crippen molar-refractivity contribution in [3.63, 3.8) is 0 Å². The number of nitrogens with two attached hydrogens (primary N) is 1. The van der Waals surface area contributed by atoms with Gasteiger partial charge in [-0.25, -0.2) is 4.79 Å². The van der Waals surface area contributed by atoms with Gasteiger partial charge in [-0.1, -0.05) is 18.3 Å². The first-order valence-corrected chi connectivity index (χ1v) is 9.09. The number of rotatable bonds is 6. The van der Waals surface area contributed by atoms with Gasteiger partial charge in [-0.15, -0.1) is 0 Å². The van der Waals surface area contributed by atoms with Crippen LogP contribution in [0.5, 0.6) is 11.5 Å². The summed E-state index contributed by atoms with van der Waals surface area (Å²) in [6.07, 6.45) is 0.203. The lowest BCUT2D eigenvalue weighted by atomic mass is 9.68. The van der Waals surface area contributed by atoms with Gasteiger partial charge in [0.2, 0.25) is 0 Å². The third-order valence-electron chi connectivity index (χ3n) is 5.71. The molecule has 0 bridgehead atoms. The highest BCUT2D eigenvalue weighted by atomic mass is 16.6. The number of carbonyl (C=O) groups is 2. The van der Waals surface area contributed by atoms with Gasteiger partial charge in [0.1, 0.15) is 23.0 Å². The molecule has 3 aliphatic rings. The number of likely N-dealkylation sites (tertiary alicyclic amines) is 1. The molecule has 0 amide bonds. The number of carboxylic acid groups (broad SMARTS) is 2. The van der Waals surface area contributed by atoms with Crippen LogP contribution in [0.2, 0.25) is 5.82 Å². The molecule has 1 aromatic rings. The Morgan fingerprint density at radius 2 is 2.04 bits per heavy atom. The predicted molar refractivity (Wildman–Crippen MR) is 96.4 cm³/mol. The fourth-order valence-electron chi connectivity index (χ4n) is 4.05. The van der Waals surface area contributed by atoms with Crippen LogP contribution in [-0.2, 0) is 4.79 Å². The van der Waals surface area contributed by atoms with Crippen molar-refractivity contribution in [3.8, 4) is 11.5 Å². The summed E-state index contributed by atoms with van der Waals surface area (Å²) in [5.74, 6) is -2.88. The Kier molecular flexibility index (Phi) is 4.13. The monoisotopic (exact) mass is 393 g/mol. The number of hydrogen-bond acceptors (Lipinski definition) is 8. The van der Waals surface area contributed by atoms with Crippen LogP contribution in [0.1, 0.15) is 35.2 Å². The maximum Gasteiger partial charge on any atom is 0.434 e. The molecule has 1 aliphatic carbocycles. The second-order valence-electron chi connectivity index (χ2n) is 8.20. The molecular weight excluding hydrogens is 371 g/mol. The lowest BCUT2D eigenvalue weighted by Gasteiger charge is -2.42. The standard InChI is InChI=1S/C17H22BN2O8/c1-17(19,16(23)24)7-20-5-8(6-20)27-12-3-2-9-10-4-11(10)18(25,26)28-14(9)13(12)15(21)22/h2-3,8,10-11,25-26H,4-7,19H2,1H3,(H,21,22)(H,23,24)/q-1/t10?,11?,17-/m1/s1. The fraction of sp³-hybridized carbons (Fsp3) is 0.529. The van der Waals surface area contributed by atoms with Crippen LogP contribution in [0.15, 0.2) is 12.1 Å². The molecule has 1 saturated heterocycles. The number of nitrogens with zero attached hydrogens (tertiary/aromatic N) is 1. The first-order valence-electron chi connectivity index (χ1n) is 9.09. The maximum absolute atomic E-state index is 11.8. The number of hydrogen-bond donors (Lipinski definition) is 5. The van der Waals surface area contributed by atoms with E-state index in [1.807, 2.05) is 0 Å². The van der Waals surface area contributed by atoms with Crippen molar-refractivity contribution >= 4 is 18.7 Å². The van der Waals surface area contributed by atoms with E-state index >= 15 is 0 Å². The fourth-order valence-corrected chi connectivity index (χ4v) is 4.05. The number of aliphatic carboxylic acids is 1. The summed E-state index contributed by atoms with van der Waals surface area (Å²) in [5, 5.41) is 38.8. The molecule has 4 rings (SSSR count). The van der Waals surface area contributed by atoms with Crippen molar-refractivity contribution in [2.75, 3.05) is 19.6 Å². The normalized spacial score (nSPS) is 27.4. The zero-order valence-electron chi connectivity index (χ0n) is 15.2. The van der Waals surface area contributed by atoms with Crippen molar-refractivity contribution in [2.24, 2.45) is 5.73 Å². The molecular formula is C17H22BN2O8-. The van der Waals surface area contributed by atoms with Crippen LogP contribution in [0.4, 0.5) is 0 Å². The van der Waals surface area contributed by atoms with E-state index in [-0.39, 0.29) is 35.6 Å². The van der Waals surface area contributed by atoms with E-state index in [2.05, 4.69) is 0 Å². The first kappa shape index (κ1) is 19.0. The Morgan fingerprint density at radius 1 is 1.36 bits per heavy atom. The summed E-state index contributed by atoms with van der Waals surface area (Å²) in [6.45, 7) is -0.727. The van der Waals surface area contributed by atoms with Crippen LogP contribution < -0.4 is 15.1 Å². The van der Waals surface area contributed by atoms with E-state index in [1.54, 1.807) is 17.0 Å². The number of carboxylic acids is 2. The average molecular weight is 393 g/mol. The lowest BCUT2D eigenvalue weighted by molar-refractivity contribution is -0.144. The number of benzene rings is 1. The van der Waals surface area contributed by atoms with E-state index in [1.165, 1.54) is 6.92 Å². The van der Waals surface area contributed by atoms with Gasteiger partial charge in [0, 0.05) is 19.6 Å². The van der Waals surface area contributed by atoms with Crippen molar-refractivity contribution in [3.05, 3.63) is 23.3 Å². The third kappa shape index (κ3) is 3.10. The van der Waals surface area contributed by atoms with Gasteiger partial charge < -0.3 is 35.4 Å². The second-order valence-corrected chi connectivity index (χ2v) is 8.20. The highest BCUT2D eigenvalue weighted by molar-refractivity contribution is 6.62. The Bertz CT molecular complexity index is 852. The summed E-state index contributed by atoms with van der Waals surface area (Å²) in [7, 11) is 0. The Hall–Kier alpha value is -2.34. The summed E-state index contributed by atoms with van der Waals surface area (Å²) < 4.78 is 11.1. The molecule has 2 fully saturated rings. The van der Waals surface area contributed by atoms with Crippen molar-refractivity contribution in [1.29, 1.82) is 0 Å². The topological polar surface area (TPSA) is 163 Å². The van der Waals surface area contributed by atoms with Gasteiger partial charge in [-0.05, 0) is 24.5 Å². The largest absolute Gasteiger partial charge is 0.669 e. The summed E-state index contributed by atoms with van der Waals surface area (Å²) in [4.78, 5) is 24.7. The molecule has 3 atom stereocenters. The summed E-state index contributed by atoms with van der Waals surface area (Å²) >= 11 is 0. The molecule has 1 aromatic carbocycles. The zero-order chi connectivity index (χ0) is 20.4. The van der Waals surface area contributed by atoms with E-state index in [0.29, 0.717) is 25.1 Å². The van der Waals surface area contributed by atoms with Crippen LogP contribution in [0.25, 0.3) is 0 Å². The van der Waals surface area contributed by atoms with Gasteiger partial charge in [-0.2, -0.15) is 0 Å². The number of fused-ring (bicyclic) bond motifs is 3. The molecule has 152 valence electrons. The average Bonchev–Trinajstić information content (AvgIpc) is 3.33. The van der Waals surface area contributed by atoms with E-state index in [9.17, 15) is 24.7 Å². The molecule has 11 heteroatoms. The van der Waals surface area contributed by atoms with E-state index < -0.39 is 30.0 Å². The molecule has 2 heterocycles. The van der Waals surface area contributed by atoms with Crippen LogP contribution in [-0.4, -0.2) is 75.1 Å². The van der Waals surface area contributed by atoms with Crippen LogP contribution in [0.3, 0.4) is 0 Å². The summed E-state index contributed by atoms with van der Waals surface area (Å²) in [6, 6.07) is 3.26. The van der Waals surface area contributed by atoms with Gasteiger partial charge in [0.25, 0.3) is 0 Å². The molecule has 2 aliphatic heterocycles. The first-order chi connectivity index (χ1) is 13.0. The number of ether oxygens (including phenoxy) is 1. The molecule has 28 heavy (non-hydrogen) atoms. The lowest BCUT2D eigenvalue weighted by Crippen LogP contribution is -2.62. The highest BCUT2D eigenvalue weighted by Gasteiger charge is 2.55. The predicted octanol–water partition coefficient (Wildman–Crippen LogP) is -0.577. The minimum atomic E-state index is -3.09. The zero-order valence-corrected chi connectivity index (χ0v) is 15.2. The molecule has 2 unspecified atom stereocenters. The van der Waals surface area contributed by atoms with Gasteiger partial charge in [0.05, 0.1) is 5.75 Å². The smallest absolute Gasteiger partial charge is 0.434 e. The van der Waals surface area contributed by atoms with Crippen LogP contribution in [0, 0.1) is 0 Å². The summed E-state index contributed by atoms with van der Waals surface area (Å²) in [5.41, 5.74) is 4.76. The number of aromatic carboxylic acids is 1. The molecule has 0 aromatic heterocycles. The van der Waals surface area contributed by atoms with Crippen molar-refractivity contribution in [2.45, 2.75) is 36.7 Å². The third-order valence-corrected chi connectivity index (χ3v) is 5.71. The molecule has 0 radical (unpaired) electrons. The van der Waals surface area contributed by atoms with E-state index in [4.69, 9.17) is 20.2 Å². The van der Waals surface area contributed by atoms with Crippen LogP contribution >= 0.6 is 0 Å². The molecule has 10 nitrogen and oxygen atoms in total.